The maximum absolute atomic E-state index is 14.2. The molecule has 1 amide bonds. The largest absolute Gasteiger partial charge is 0.453 e. The molecule has 1 saturated heterocycles. The lowest BCUT2D eigenvalue weighted by atomic mass is 10.1. The molecule has 0 spiro atoms. The van der Waals surface area contributed by atoms with Crippen molar-refractivity contribution in [2.24, 2.45) is 0 Å². The number of benzene rings is 2. The number of anilines is 1. The van der Waals surface area contributed by atoms with Crippen molar-refractivity contribution in [3.63, 3.8) is 0 Å². The summed E-state index contributed by atoms with van der Waals surface area (Å²) in [7, 11) is -6.51. The number of amides is 1. The zero-order valence-corrected chi connectivity index (χ0v) is 17.7. The fraction of sp³-hybridized carbons (Fsp3) is 0.316. The third-order valence-corrected chi connectivity index (χ3v) is 8.90. The van der Waals surface area contributed by atoms with E-state index in [4.69, 9.17) is 0 Å². The summed E-state index contributed by atoms with van der Waals surface area (Å²) in [4.78, 5) is 11.2. The van der Waals surface area contributed by atoms with Gasteiger partial charge in [0.05, 0.1) is 23.0 Å². The maximum Gasteiger partial charge on any atom is 0.411 e. The van der Waals surface area contributed by atoms with Crippen molar-refractivity contribution in [2.45, 2.75) is 16.6 Å². The van der Waals surface area contributed by atoms with Gasteiger partial charge in [0.15, 0.2) is 9.84 Å². The van der Waals surface area contributed by atoms with Crippen molar-refractivity contribution < 1.29 is 30.8 Å². The first kappa shape index (κ1) is 22.2. The lowest BCUT2D eigenvalue weighted by Gasteiger charge is -2.20. The summed E-state index contributed by atoms with van der Waals surface area (Å²) in [6.07, 6.45) is -0.743. The highest BCUT2D eigenvalue weighted by Crippen LogP contribution is 2.32. The van der Waals surface area contributed by atoms with Gasteiger partial charge in [-0.25, -0.2) is 26.0 Å². The summed E-state index contributed by atoms with van der Waals surface area (Å²) in [6.45, 7) is -0.291. The molecule has 3 rings (SSSR count). The topological polar surface area (TPSA) is 110 Å². The molecule has 2 aromatic carbocycles. The van der Waals surface area contributed by atoms with Gasteiger partial charge in [-0.15, -0.1) is 0 Å². The van der Waals surface area contributed by atoms with Gasteiger partial charge in [0.25, 0.3) is 0 Å². The van der Waals surface area contributed by atoms with Gasteiger partial charge in [-0.1, -0.05) is 18.2 Å². The van der Waals surface area contributed by atoms with Gasteiger partial charge in [0, 0.05) is 24.3 Å². The first-order valence-electron chi connectivity index (χ1n) is 9.06. The number of methoxy groups -OCH3 is 1. The van der Waals surface area contributed by atoms with Crippen LogP contribution in [0.3, 0.4) is 0 Å². The van der Waals surface area contributed by atoms with Crippen LogP contribution in [0, 0.1) is 5.82 Å². The van der Waals surface area contributed by atoms with Gasteiger partial charge in [-0.2, -0.15) is 4.31 Å². The second-order valence-corrected chi connectivity index (χ2v) is 11.0. The highest BCUT2D eigenvalue weighted by atomic mass is 32.2. The van der Waals surface area contributed by atoms with E-state index in [1.165, 1.54) is 49.6 Å². The molecular weight excluding hydrogens is 435 g/mol. The van der Waals surface area contributed by atoms with Crippen molar-refractivity contribution in [3.8, 4) is 0 Å². The van der Waals surface area contributed by atoms with E-state index in [0.29, 0.717) is 5.69 Å². The molecule has 1 atom stereocenters. The number of halogens is 1. The molecule has 1 heterocycles. The smallest absolute Gasteiger partial charge is 0.411 e. The van der Waals surface area contributed by atoms with Crippen molar-refractivity contribution in [1.82, 2.24) is 4.31 Å². The first-order chi connectivity index (χ1) is 14.1. The normalized spacial score (nSPS) is 19.6. The van der Waals surface area contributed by atoms with E-state index < -0.39 is 42.8 Å². The van der Waals surface area contributed by atoms with Crippen LogP contribution >= 0.6 is 0 Å². The number of nitrogens with one attached hydrogen (secondary N) is 1. The maximum atomic E-state index is 14.2. The number of hydrogen-bond acceptors (Lipinski definition) is 6. The molecule has 1 unspecified atom stereocenters. The van der Waals surface area contributed by atoms with Gasteiger partial charge >= 0.3 is 6.09 Å². The third kappa shape index (κ3) is 4.63. The minimum Gasteiger partial charge on any atom is -0.453 e. The van der Waals surface area contributed by atoms with Crippen LogP contribution in [0.25, 0.3) is 0 Å². The number of ether oxygens (including phenoxy) is 1. The molecule has 2 aromatic rings. The highest BCUT2D eigenvalue weighted by Gasteiger charge is 2.36. The Kier molecular flexibility index (Phi) is 6.44. The number of sulfone groups is 1. The minimum atomic E-state index is -3.97. The average molecular weight is 457 g/mol. The van der Waals surface area contributed by atoms with Crippen LogP contribution in [-0.2, 0) is 24.6 Å². The van der Waals surface area contributed by atoms with Gasteiger partial charge in [0.2, 0.25) is 10.0 Å². The summed E-state index contributed by atoms with van der Waals surface area (Å²) in [5.74, 6) is -1.04. The van der Waals surface area contributed by atoms with E-state index in [0.717, 1.165) is 4.31 Å². The minimum absolute atomic E-state index is 0.0420. The standard InChI is InChI=1S/C19H21FN2O6S2/c1-28-19(23)21-14-6-8-15(9-7-14)30(26,27)22-11-10-18(29(24,25)13-12-22)16-4-2-3-5-17(16)20/h2-9,18H,10-13H2,1H3,(H,21,23). The monoisotopic (exact) mass is 456 g/mol. The number of nitrogens with zero attached hydrogens (tertiary/aromatic N) is 1. The molecule has 0 aliphatic carbocycles. The number of carbonyl (C=O) groups excluding carboxylic acids is 1. The predicted molar refractivity (Wildman–Crippen MR) is 109 cm³/mol. The summed E-state index contributed by atoms with van der Waals surface area (Å²) in [6, 6.07) is 11.1. The molecule has 1 N–H and O–H groups in total. The second-order valence-electron chi connectivity index (χ2n) is 6.71. The van der Waals surface area contributed by atoms with Crippen molar-refractivity contribution in [1.29, 1.82) is 0 Å². The van der Waals surface area contributed by atoms with Crippen LogP contribution < -0.4 is 5.32 Å². The average Bonchev–Trinajstić information content (AvgIpc) is 2.87. The Labute approximate surface area is 174 Å². The first-order valence-corrected chi connectivity index (χ1v) is 12.2. The Morgan fingerprint density at radius 3 is 2.43 bits per heavy atom. The summed E-state index contributed by atoms with van der Waals surface area (Å²) in [5, 5.41) is 1.31. The number of rotatable bonds is 4. The van der Waals surface area contributed by atoms with E-state index >= 15 is 0 Å². The Morgan fingerprint density at radius 2 is 1.80 bits per heavy atom. The number of carbonyl (C=O) groups is 1. The fourth-order valence-corrected chi connectivity index (χ4v) is 6.65. The Morgan fingerprint density at radius 1 is 1.13 bits per heavy atom. The summed E-state index contributed by atoms with van der Waals surface area (Å²) < 4.78 is 71.1. The third-order valence-electron chi connectivity index (χ3n) is 4.88. The molecule has 0 bridgehead atoms. The zero-order valence-electron chi connectivity index (χ0n) is 16.1. The van der Waals surface area contributed by atoms with Gasteiger partial charge < -0.3 is 4.74 Å². The summed E-state index contributed by atoms with van der Waals surface area (Å²) in [5.41, 5.74) is 0.397. The zero-order chi connectivity index (χ0) is 21.9. The van der Waals surface area contributed by atoms with E-state index in [1.807, 2.05) is 0 Å². The van der Waals surface area contributed by atoms with Crippen LogP contribution in [0.4, 0.5) is 14.9 Å². The Balaban J connectivity index is 1.83. The molecular formula is C19H21FN2O6S2. The van der Waals surface area contributed by atoms with Crippen molar-refractivity contribution >= 4 is 31.6 Å². The Hall–Kier alpha value is -2.50. The van der Waals surface area contributed by atoms with Crippen LogP contribution in [0.2, 0.25) is 0 Å². The molecule has 1 aliphatic rings. The number of sulfonamides is 1. The van der Waals surface area contributed by atoms with Gasteiger partial charge in [0.1, 0.15) is 5.82 Å². The van der Waals surface area contributed by atoms with Gasteiger partial charge in [-0.05, 0) is 36.8 Å². The van der Waals surface area contributed by atoms with Crippen molar-refractivity contribution in [2.75, 3.05) is 31.3 Å². The number of hydrogen-bond donors (Lipinski definition) is 1. The highest BCUT2D eigenvalue weighted by molar-refractivity contribution is 7.92. The SMILES string of the molecule is COC(=O)Nc1ccc(S(=O)(=O)N2CCC(c3ccccc3F)S(=O)(=O)CC2)cc1. The molecule has 30 heavy (non-hydrogen) atoms. The fourth-order valence-electron chi connectivity index (χ4n) is 3.28. The summed E-state index contributed by atoms with van der Waals surface area (Å²) >= 11 is 0. The van der Waals surface area contributed by atoms with Crippen LogP contribution in [-0.4, -0.2) is 53.2 Å². The molecule has 1 aliphatic heterocycles. The van der Waals surface area contributed by atoms with E-state index in [2.05, 4.69) is 10.1 Å². The molecule has 0 saturated carbocycles. The molecule has 11 heteroatoms. The van der Waals surface area contributed by atoms with Gasteiger partial charge in [-0.3, -0.25) is 5.32 Å². The van der Waals surface area contributed by atoms with E-state index in [-0.39, 0.29) is 30.0 Å². The van der Waals surface area contributed by atoms with E-state index in [9.17, 15) is 26.0 Å². The van der Waals surface area contributed by atoms with Crippen LogP contribution in [0.15, 0.2) is 53.4 Å². The molecule has 0 radical (unpaired) electrons. The van der Waals surface area contributed by atoms with Crippen LogP contribution in [0.5, 0.6) is 0 Å². The molecule has 162 valence electrons. The van der Waals surface area contributed by atoms with E-state index in [1.54, 1.807) is 6.07 Å². The lowest BCUT2D eigenvalue weighted by molar-refractivity contribution is 0.187. The van der Waals surface area contributed by atoms with Crippen LogP contribution in [0.1, 0.15) is 17.2 Å². The molecule has 1 fully saturated rings. The molecule has 8 nitrogen and oxygen atoms in total. The van der Waals surface area contributed by atoms with Crippen molar-refractivity contribution in [3.05, 3.63) is 59.9 Å². The quantitative estimate of drug-likeness (QED) is 0.757. The molecule has 0 aromatic heterocycles. The Bertz CT molecular complexity index is 1130. The second kappa shape index (κ2) is 8.70. The predicted octanol–water partition coefficient (Wildman–Crippen LogP) is 2.55. The lowest BCUT2D eigenvalue weighted by Crippen LogP contribution is -2.33.